The zero-order valence-corrected chi connectivity index (χ0v) is 16.4. The minimum atomic E-state index is -0.500. The second-order valence-corrected chi connectivity index (χ2v) is 8.43. The maximum Gasteiger partial charge on any atom is 0.252 e. The fourth-order valence-electron chi connectivity index (χ4n) is 4.42. The molecule has 0 aromatic carbocycles. The van der Waals surface area contributed by atoms with Crippen LogP contribution in [-0.4, -0.2) is 45.8 Å². The van der Waals surface area contributed by atoms with Crippen LogP contribution in [0.5, 0.6) is 0 Å². The third kappa shape index (κ3) is 5.17. The molecule has 0 saturated heterocycles. The van der Waals surface area contributed by atoms with Crippen molar-refractivity contribution in [2.45, 2.75) is 82.5 Å². The highest BCUT2D eigenvalue weighted by Crippen LogP contribution is 2.32. The molecule has 1 amide bonds. The highest BCUT2D eigenvalue weighted by Gasteiger charge is 2.32. The number of carbonyl (C=O) groups excluding carboxylic acids is 1. The van der Waals surface area contributed by atoms with E-state index in [1.807, 2.05) is 0 Å². The van der Waals surface area contributed by atoms with Gasteiger partial charge in [0.15, 0.2) is 0 Å². The molecule has 0 aliphatic heterocycles. The van der Waals surface area contributed by atoms with Gasteiger partial charge < -0.3 is 20.9 Å². The Bertz CT molecular complexity index is 659. The number of carbonyl (C=O) groups is 1. The first kappa shape index (κ1) is 20.0. The Morgan fingerprint density at radius 1 is 1.37 bits per heavy atom. The number of anilines is 1. The van der Waals surface area contributed by atoms with Gasteiger partial charge in [-0.05, 0) is 64.2 Å². The molecule has 150 valence electrons. The molecular formula is C20H32N4O3. The van der Waals surface area contributed by atoms with Crippen molar-refractivity contribution in [1.29, 1.82) is 0 Å². The molecular weight excluding hydrogens is 344 g/mol. The lowest BCUT2D eigenvalue weighted by Gasteiger charge is -2.37. The monoisotopic (exact) mass is 376 g/mol. The number of hydrogen-bond acceptors (Lipinski definition) is 6. The summed E-state index contributed by atoms with van der Waals surface area (Å²) in [5.41, 5.74) is 6.52. The van der Waals surface area contributed by atoms with Crippen LogP contribution in [0.25, 0.3) is 0 Å². The van der Waals surface area contributed by atoms with Crippen LogP contribution in [0, 0.1) is 5.92 Å². The Morgan fingerprint density at radius 2 is 2.11 bits per heavy atom. The maximum absolute atomic E-state index is 11.8. The van der Waals surface area contributed by atoms with Gasteiger partial charge in [0.25, 0.3) is 5.91 Å². The predicted molar refractivity (Wildman–Crippen MR) is 104 cm³/mol. The maximum atomic E-state index is 11.8. The zero-order valence-electron chi connectivity index (χ0n) is 16.4. The Morgan fingerprint density at radius 3 is 2.74 bits per heavy atom. The smallest absolute Gasteiger partial charge is 0.252 e. The lowest BCUT2D eigenvalue weighted by Crippen LogP contribution is -2.41. The van der Waals surface area contributed by atoms with E-state index in [0.29, 0.717) is 35.6 Å². The second-order valence-electron chi connectivity index (χ2n) is 8.43. The molecule has 2 saturated carbocycles. The third-order valence-electron chi connectivity index (χ3n) is 6.15. The van der Waals surface area contributed by atoms with E-state index in [1.165, 1.54) is 6.20 Å². The van der Waals surface area contributed by atoms with Gasteiger partial charge in [-0.2, -0.15) is 0 Å². The van der Waals surface area contributed by atoms with Crippen molar-refractivity contribution in [1.82, 2.24) is 9.97 Å². The molecule has 1 aromatic heterocycles. The fraction of sp³-hybridized carbons (Fsp3) is 0.750. The number of methoxy groups -OCH3 is 1. The molecule has 0 unspecified atom stereocenters. The molecule has 7 heteroatoms. The molecule has 4 N–H and O–H groups in total. The molecule has 2 aliphatic carbocycles. The van der Waals surface area contributed by atoms with Crippen molar-refractivity contribution in [2.24, 2.45) is 11.7 Å². The first-order chi connectivity index (χ1) is 12.9. The summed E-state index contributed by atoms with van der Waals surface area (Å²) in [5.74, 6) is 0.367. The molecule has 0 bridgehead atoms. The first-order valence-corrected chi connectivity index (χ1v) is 10.0. The van der Waals surface area contributed by atoms with Gasteiger partial charge in [-0.3, -0.25) is 4.79 Å². The summed E-state index contributed by atoms with van der Waals surface area (Å²) >= 11 is 0. The van der Waals surface area contributed by atoms with Crippen LogP contribution in [0.3, 0.4) is 0 Å². The molecule has 3 rings (SSSR count). The molecule has 1 aromatic rings. The predicted octanol–water partition coefficient (Wildman–Crippen LogP) is 2.43. The van der Waals surface area contributed by atoms with Gasteiger partial charge in [0.2, 0.25) is 5.95 Å². The minimum absolute atomic E-state index is 0.0818. The largest absolute Gasteiger partial charge is 0.393 e. The van der Waals surface area contributed by atoms with E-state index in [9.17, 15) is 9.90 Å². The summed E-state index contributed by atoms with van der Waals surface area (Å²) in [7, 11) is 1.76. The Balaban J connectivity index is 1.74. The number of ether oxygens (including phenoxy) is 1. The van der Waals surface area contributed by atoms with E-state index in [4.69, 9.17) is 10.5 Å². The summed E-state index contributed by atoms with van der Waals surface area (Å²) in [5, 5.41) is 13.4. The van der Waals surface area contributed by atoms with Crippen LogP contribution in [0.2, 0.25) is 0 Å². The van der Waals surface area contributed by atoms with Gasteiger partial charge in [0.05, 0.1) is 23.5 Å². The summed E-state index contributed by atoms with van der Waals surface area (Å²) in [6.07, 6.45) is 9.89. The quantitative estimate of drug-likeness (QED) is 0.703. The SMILES string of the molecule is COC1CCC(C)(Nc2ncc(C(N)=O)c(C[C@@H]3CCC[C@H](O)C3)n2)CC1. The van der Waals surface area contributed by atoms with Crippen LogP contribution in [0.4, 0.5) is 5.95 Å². The van der Waals surface area contributed by atoms with E-state index in [2.05, 4.69) is 22.2 Å². The molecule has 0 spiro atoms. The van der Waals surface area contributed by atoms with Crippen LogP contribution in [-0.2, 0) is 11.2 Å². The van der Waals surface area contributed by atoms with Crippen LogP contribution in [0.1, 0.15) is 74.3 Å². The summed E-state index contributed by atoms with van der Waals surface area (Å²) in [6, 6.07) is 0. The third-order valence-corrected chi connectivity index (χ3v) is 6.15. The lowest BCUT2D eigenvalue weighted by molar-refractivity contribution is 0.0563. The topological polar surface area (TPSA) is 110 Å². The number of nitrogens with two attached hydrogens (primary N) is 1. The van der Waals surface area contributed by atoms with E-state index in [-0.39, 0.29) is 11.6 Å². The number of amides is 1. The van der Waals surface area contributed by atoms with Gasteiger partial charge in [0.1, 0.15) is 0 Å². The molecule has 27 heavy (non-hydrogen) atoms. The summed E-state index contributed by atoms with van der Waals surface area (Å²) < 4.78 is 5.46. The van der Waals surface area contributed by atoms with Crippen molar-refractivity contribution in [3.8, 4) is 0 Å². The Hall–Kier alpha value is -1.73. The highest BCUT2D eigenvalue weighted by molar-refractivity contribution is 5.93. The van der Waals surface area contributed by atoms with Gasteiger partial charge in [-0.1, -0.05) is 6.42 Å². The molecule has 2 fully saturated rings. The van der Waals surface area contributed by atoms with E-state index < -0.39 is 5.91 Å². The van der Waals surface area contributed by atoms with Gasteiger partial charge in [0, 0.05) is 18.8 Å². The van der Waals surface area contributed by atoms with Gasteiger partial charge in [-0.25, -0.2) is 9.97 Å². The summed E-state index contributed by atoms with van der Waals surface area (Å²) in [6.45, 7) is 2.18. The van der Waals surface area contributed by atoms with Gasteiger partial charge >= 0.3 is 0 Å². The average molecular weight is 377 g/mol. The molecule has 0 radical (unpaired) electrons. The molecule has 2 aliphatic rings. The number of aliphatic hydroxyl groups is 1. The normalized spacial score (nSPS) is 31.4. The molecule has 2 atom stereocenters. The number of hydrogen-bond donors (Lipinski definition) is 3. The number of nitrogens with one attached hydrogen (secondary N) is 1. The van der Waals surface area contributed by atoms with Crippen LogP contribution in [0.15, 0.2) is 6.20 Å². The lowest BCUT2D eigenvalue weighted by atomic mass is 9.82. The Labute approximate surface area is 161 Å². The Kier molecular flexibility index (Phi) is 6.32. The van der Waals surface area contributed by atoms with Crippen molar-refractivity contribution >= 4 is 11.9 Å². The van der Waals surface area contributed by atoms with E-state index in [0.717, 1.165) is 51.4 Å². The second kappa shape index (κ2) is 8.52. The number of aromatic nitrogens is 2. The van der Waals surface area contributed by atoms with Crippen molar-refractivity contribution < 1.29 is 14.6 Å². The van der Waals surface area contributed by atoms with Crippen molar-refractivity contribution in [3.05, 3.63) is 17.5 Å². The molecule has 1 heterocycles. The number of aliphatic hydroxyl groups excluding tert-OH is 1. The average Bonchev–Trinajstić information content (AvgIpc) is 2.62. The molecule has 7 nitrogen and oxygen atoms in total. The van der Waals surface area contributed by atoms with E-state index >= 15 is 0 Å². The summed E-state index contributed by atoms with van der Waals surface area (Å²) in [4.78, 5) is 20.8. The van der Waals surface area contributed by atoms with Crippen molar-refractivity contribution in [2.75, 3.05) is 12.4 Å². The fourth-order valence-corrected chi connectivity index (χ4v) is 4.42. The number of nitrogens with zero attached hydrogens (tertiary/aromatic N) is 2. The minimum Gasteiger partial charge on any atom is -0.393 e. The highest BCUT2D eigenvalue weighted by atomic mass is 16.5. The van der Waals surface area contributed by atoms with Crippen LogP contribution >= 0.6 is 0 Å². The zero-order chi connectivity index (χ0) is 19.4. The van der Waals surface area contributed by atoms with Crippen LogP contribution < -0.4 is 11.1 Å². The van der Waals surface area contributed by atoms with Gasteiger partial charge in [-0.15, -0.1) is 0 Å². The first-order valence-electron chi connectivity index (χ1n) is 10.0. The number of primary amides is 1. The van der Waals surface area contributed by atoms with Crippen molar-refractivity contribution in [3.63, 3.8) is 0 Å². The standard InChI is InChI=1S/C20H32N4O3/c1-20(8-6-15(27-2)7-9-20)24-19-22-12-16(18(21)26)17(23-19)11-13-4-3-5-14(25)10-13/h12-15,25H,3-11H2,1-2H3,(H2,21,26)(H,22,23,24)/t13-,14+,15?,20?/m1/s1. The van der Waals surface area contributed by atoms with E-state index in [1.54, 1.807) is 7.11 Å². The number of rotatable bonds is 6.